The van der Waals surface area contributed by atoms with Crippen LogP contribution in [0.5, 0.6) is 0 Å². The Hall–Kier alpha value is -1.62. The number of hydrogen-bond acceptors (Lipinski definition) is 4. The molecule has 5 heteroatoms. The van der Waals surface area contributed by atoms with Crippen LogP contribution < -0.4 is 16.4 Å². The Morgan fingerprint density at radius 2 is 2.00 bits per heavy atom. The molecule has 1 aromatic heterocycles. The zero-order valence-corrected chi connectivity index (χ0v) is 10.9. The number of nitrogens with two attached hydrogens (primary N) is 2. The molecule has 0 atom stereocenters. The first kappa shape index (κ1) is 12.8. The average molecular weight is 248 g/mol. The highest BCUT2D eigenvalue weighted by molar-refractivity contribution is 5.99. The highest BCUT2D eigenvalue weighted by Crippen LogP contribution is 2.26. The topological polar surface area (TPSA) is 85.2 Å². The summed E-state index contributed by atoms with van der Waals surface area (Å²) in [5, 5.41) is 0. The molecule has 1 aromatic rings. The van der Waals surface area contributed by atoms with Crippen LogP contribution in [0, 0.1) is 13.8 Å². The van der Waals surface area contributed by atoms with Crippen LogP contribution >= 0.6 is 0 Å². The van der Waals surface area contributed by atoms with Crippen molar-refractivity contribution in [3.63, 3.8) is 0 Å². The van der Waals surface area contributed by atoms with Crippen LogP contribution in [-0.4, -0.2) is 30.0 Å². The summed E-state index contributed by atoms with van der Waals surface area (Å²) in [5.41, 5.74) is 14.4. The normalized spacial score (nSPS) is 16.9. The second-order valence-corrected chi connectivity index (χ2v) is 4.93. The number of aryl methyl sites for hydroxylation is 2. The van der Waals surface area contributed by atoms with Gasteiger partial charge in [-0.1, -0.05) is 0 Å². The van der Waals surface area contributed by atoms with E-state index < -0.39 is 5.91 Å². The lowest BCUT2D eigenvalue weighted by Gasteiger charge is -2.33. The minimum atomic E-state index is -0.412. The van der Waals surface area contributed by atoms with E-state index in [1.54, 1.807) is 0 Å². The van der Waals surface area contributed by atoms with Gasteiger partial charge >= 0.3 is 0 Å². The van der Waals surface area contributed by atoms with Gasteiger partial charge in [0, 0.05) is 24.8 Å². The number of nitrogens with zero attached hydrogens (tertiary/aromatic N) is 2. The average Bonchev–Trinajstić information content (AvgIpc) is 2.28. The molecule has 5 nitrogen and oxygen atoms in total. The molecule has 0 spiro atoms. The summed E-state index contributed by atoms with van der Waals surface area (Å²) in [6.45, 7) is 5.48. The predicted molar refractivity (Wildman–Crippen MR) is 71.7 cm³/mol. The number of anilines is 1. The third-order valence-corrected chi connectivity index (χ3v) is 3.43. The highest BCUT2D eigenvalue weighted by Gasteiger charge is 2.22. The van der Waals surface area contributed by atoms with Gasteiger partial charge in [0.1, 0.15) is 0 Å². The maximum Gasteiger partial charge on any atom is 0.252 e. The molecule has 1 aliphatic heterocycles. The van der Waals surface area contributed by atoms with E-state index in [9.17, 15) is 4.79 Å². The fourth-order valence-electron chi connectivity index (χ4n) is 2.50. The van der Waals surface area contributed by atoms with Crippen LogP contribution in [0.3, 0.4) is 0 Å². The van der Waals surface area contributed by atoms with E-state index in [0.717, 1.165) is 37.3 Å². The standard InChI is InChI=1S/C13H20N4O/c1-8-7-11(12(13(15)18)9(2)16-8)17-5-3-10(14)4-6-17/h7,10H,3-6,14H2,1-2H3,(H2,15,18). The smallest absolute Gasteiger partial charge is 0.252 e. The maximum absolute atomic E-state index is 11.6. The molecule has 1 fully saturated rings. The van der Waals surface area contributed by atoms with Crippen LogP contribution in [-0.2, 0) is 0 Å². The highest BCUT2D eigenvalue weighted by atomic mass is 16.1. The Kier molecular flexibility index (Phi) is 3.52. The van der Waals surface area contributed by atoms with Crippen molar-refractivity contribution in [2.45, 2.75) is 32.7 Å². The number of amides is 1. The van der Waals surface area contributed by atoms with E-state index in [2.05, 4.69) is 9.88 Å². The summed E-state index contributed by atoms with van der Waals surface area (Å²) in [4.78, 5) is 18.1. The van der Waals surface area contributed by atoms with Crippen LogP contribution in [0.15, 0.2) is 6.07 Å². The number of piperidine rings is 1. The molecule has 0 unspecified atom stereocenters. The Morgan fingerprint density at radius 1 is 1.39 bits per heavy atom. The minimum absolute atomic E-state index is 0.266. The van der Waals surface area contributed by atoms with Gasteiger partial charge in [-0.3, -0.25) is 9.78 Å². The molecule has 0 aliphatic carbocycles. The molecule has 1 saturated heterocycles. The Labute approximate surface area is 107 Å². The fourth-order valence-corrected chi connectivity index (χ4v) is 2.50. The van der Waals surface area contributed by atoms with Crippen molar-refractivity contribution < 1.29 is 4.79 Å². The van der Waals surface area contributed by atoms with Crippen molar-refractivity contribution in [2.75, 3.05) is 18.0 Å². The van der Waals surface area contributed by atoms with E-state index >= 15 is 0 Å². The summed E-state index contributed by atoms with van der Waals surface area (Å²) in [6, 6.07) is 2.20. The Balaban J connectivity index is 2.39. The number of primary amides is 1. The summed E-state index contributed by atoms with van der Waals surface area (Å²) in [5.74, 6) is -0.412. The lowest BCUT2D eigenvalue weighted by molar-refractivity contribution is 0.0999. The number of aromatic nitrogens is 1. The molecule has 18 heavy (non-hydrogen) atoms. The lowest BCUT2D eigenvalue weighted by Crippen LogP contribution is -2.40. The molecule has 0 radical (unpaired) electrons. The number of carbonyl (C=O) groups excluding carboxylic acids is 1. The summed E-state index contributed by atoms with van der Waals surface area (Å²) in [6.07, 6.45) is 1.89. The zero-order chi connectivity index (χ0) is 13.3. The van der Waals surface area contributed by atoms with Gasteiger partial charge in [0.25, 0.3) is 5.91 Å². The summed E-state index contributed by atoms with van der Waals surface area (Å²) in [7, 11) is 0. The molecule has 2 heterocycles. The van der Waals surface area contributed by atoms with Gasteiger partial charge in [-0.05, 0) is 32.8 Å². The predicted octanol–water partition coefficient (Wildman–Crippen LogP) is 0.725. The van der Waals surface area contributed by atoms with Gasteiger partial charge in [-0.25, -0.2) is 0 Å². The van der Waals surface area contributed by atoms with Crippen LogP contribution in [0.1, 0.15) is 34.6 Å². The first-order valence-corrected chi connectivity index (χ1v) is 6.27. The molecule has 1 aliphatic rings. The zero-order valence-electron chi connectivity index (χ0n) is 10.9. The van der Waals surface area contributed by atoms with E-state index in [-0.39, 0.29) is 6.04 Å². The summed E-state index contributed by atoms with van der Waals surface area (Å²) < 4.78 is 0. The minimum Gasteiger partial charge on any atom is -0.371 e. The number of rotatable bonds is 2. The Morgan fingerprint density at radius 3 is 2.56 bits per heavy atom. The molecular weight excluding hydrogens is 228 g/mol. The second kappa shape index (κ2) is 4.94. The van der Waals surface area contributed by atoms with Crippen molar-refractivity contribution in [3.05, 3.63) is 23.0 Å². The monoisotopic (exact) mass is 248 g/mol. The quantitative estimate of drug-likeness (QED) is 0.807. The first-order chi connectivity index (χ1) is 8.49. The first-order valence-electron chi connectivity index (χ1n) is 6.27. The third kappa shape index (κ3) is 2.46. The molecule has 0 aromatic carbocycles. The van der Waals surface area contributed by atoms with Gasteiger partial charge in [0.2, 0.25) is 0 Å². The van der Waals surface area contributed by atoms with Gasteiger partial charge in [0.05, 0.1) is 16.9 Å². The van der Waals surface area contributed by atoms with Gasteiger partial charge in [-0.15, -0.1) is 0 Å². The van der Waals surface area contributed by atoms with E-state index in [0.29, 0.717) is 11.3 Å². The van der Waals surface area contributed by atoms with Crippen molar-refractivity contribution in [1.82, 2.24) is 4.98 Å². The van der Waals surface area contributed by atoms with Crippen LogP contribution in [0.2, 0.25) is 0 Å². The van der Waals surface area contributed by atoms with Crippen molar-refractivity contribution >= 4 is 11.6 Å². The molecule has 0 saturated carbocycles. The second-order valence-electron chi connectivity index (χ2n) is 4.93. The largest absolute Gasteiger partial charge is 0.371 e. The van der Waals surface area contributed by atoms with Crippen LogP contribution in [0.25, 0.3) is 0 Å². The molecule has 98 valence electrons. The lowest BCUT2D eigenvalue weighted by atomic mass is 10.0. The third-order valence-electron chi connectivity index (χ3n) is 3.43. The maximum atomic E-state index is 11.6. The van der Waals surface area contributed by atoms with Gasteiger partial charge < -0.3 is 16.4 Å². The van der Waals surface area contributed by atoms with Gasteiger partial charge in [0.15, 0.2) is 0 Å². The number of hydrogen-bond donors (Lipinski definition) is 2. The molecule has 0 bridgehead atoms. The van der Waals surface area contributed by atoms with Crippen molar-refractivity contribution in [2.24, 2.45) is 11.5 Å². The summed E-state index contributed by atoms with van der Waals surface area (Å²) >= 11 is 0. The fraction of sp³-hybridized carbons (Fsp3) is 0.538. The molecular formula is C13H20N4O. The number of pyridine rings is 1. The van der Waals surface area contributed by atoms with E-state index in [1.165, 1.54) is 0 Å². The molecule has 1 amide bonds. The van der Waals surface area contributed by atoms with Crippen molar-refractivity contribution in [3.8, 4) is 0 Å². The Bertz CT molecular complexity index is 464. The number of carbonyl (C=O) groups is 1. The molecule has 2 rings (SSSR count). The van der Waals surface area contributed by atoms with E-state index in [4.69, 9.17) is 11.5 Å². The van der Waals surface area contributed by atoms with Gasteiger partial charge in [-0.2, -0.15) is 0 Å². The van der Waals surface area contributed by atoms with Crippen molar-refractivity contribution in [1.29, 1.82) is 0 Å². The SMILES string of the molecule is Cc1cc(N2CCC(N)CC2)c(C(N)=O)c(C)n1. The van der Waals surface area contributed by atoms with Crippen LogP contribution in [0.4, 0.5) is 5.69 Å². The molecule has 4 N–H and O–H groups in total. The van der Waals surface area contributed by atoms with E-state index in [1.807, 2.05) is 19.9 Å².